The van der Waals surface area contributed by atoms with Gasteiger partial charge in [-0.2, -0.15) is 0 Å². The predicted molar refractivity (Wildman–Crippen MR) is 33.6 cm³/mol. The maximum absolute atomic E-state index is 12.6. The normalized spacial score (nSPS) is 55.5. The standard InChI is InChI=1S/C7H9F5/c1-2-3(8)5(10)7(12)6(11)4(2)9/h2-7H,1H3/t2?,3?,4?,5-,6?,7?/m0/s1. The van der Waals surface area contributed by atoms with Crippen LogP contribution in [0.25, 0.3) is 0 Å². The van der Waals surface area contributed by atoms with Crippen LogP contribution in [0.3, 0.4) is 0 Å². The van der Waals surface area contributed by atoms with Crippen molar-refractivity contribution in [1.82, 2.24) is 0 Å². The Bertz CT molecular complexity index is 103. The molecule has 0 aromatic rings. The van der Waals surface area contributed by atoms with Crippen LogP contribution in [0.2, 0.25) is 0 Å². The van der Waals surface area contributed by atoms with Gasteiger partial charge >= 0.3 is 0 Å². The van der Waals surface area contributed by atoms with Crippen LogP contribution in [0.5, 0.6) is 0 Å². The minimum Gasteiger partial charge on any atom is -0.244 e. The molecule has 1 fully saturated rings. The summed E-state index contributed by atoms with van der Waals surface area (Å²) < 4.78 is 62.6. The Morgan fingerprint density at radius 1 is 0.583 bits per heavy atom. The second-order valence-electron chi connectivity index (χ2n) is 3.08. The summed E-state index contributed by atoms with van der Waals surface area (Å²) in [4.78, 5) is 0. The highest BCUT2D eigenvalue weighted by molar-refractivity contribution is 4.97. The Kier molecular flexibility index (Phi) is 2.58. The second-order valence-corrected chi connectivity index (χ2v) is 3.08. The molecule has 1 rings (SSSR count). The van der Waals surface area contributed by atoms with E-state index >= 15 is 0 Å². The van der Waals surface area contributed by atoms with Crippen molar-refractivity contribution in [3.05, 3.63) is 0 Å². The molecular formula is C7H9F5. The summed E-state index contributed by atoms with van der Waals surface area (Å²) in [5, 5.41) is 0. The van der Waals surface area contributed by atoms with Crippen molar-refractivity contribution in [2.75, 3.05) is 0 Å². The molecule has 72 valence electrons. The van der Waals surface area contributed by atoms with Gasteiger partial charge in [0.05, 0.1) is 0 Å². The summed E-state index contributed by atoms with van der Waals surface area (Å²) in [5.74, 6) is -1.41. The van der Waals surface area contributed by atoms with Gasteiger partial charge in [-0.3, -0.25) is 0 Å². The van der Waals surface area contributed by atoms with Gasteiger partial charge in [0.1, 0.15) is 12.3 Å². The van der Waals surface area contributed by atoms with E-state index in [-0.39, 0.29) is 0 Å². The van der Waals surface area contributed by atoms with E-state index in [1.54, 1.807) is 0 Å². The molecule has 0 N–H and O–H groups in total. The number of rotatable bonds is 0. The molecule has 0 amide bonds. The van der Waals surface area contributed by atoms with Crippen LogP contribution in [0, 0.1) is 5.92 Å². The summed E-state index contributed by atoms with van der Waals surface area (Å²) >= 11 is 0. The topological polar surface area (TPSA) is 0 Å². The molecule has 0 bridgehead atoms. The van der Waals surface area contributed by atoms with E-state index < -0.39 is 36.8 Å². The Labute approximate surface area is 66.8 Å². The maximum Gasteiger partial charge on any atom is 0.168 e. The van der Waals surface area contributed by atoms with E-state index in [0.717, 1.165) is 6.92 Å². The molecule has 1 aliphatic carbocycles. The molecule has 12 heavy (non-hydrogen) atoms. The third-order valence-corrected chi connectivity index (χ3v) is 2.22. The van der Waals surface area contributed by atoms with Crippen LogP contribution in [-0.2, 0) is 0 Å². The molecule has 0 nitrogen and oxygen atoms in total. The largest absolute Gasteiger partial charge is 0.244 e. The molecule has 0 radical (unpaired) electrons. The Balaban J connectivity index is 2.76. The minimum absolute atomic E-state index is 1.03. The van der Waals surface area contributed by atoms with E-state index in [1.165, 1.54) is 0 Å². The van der Waals surface area contributed by atoms with E-state index in [1.807, 2.05) is 0 Å². The molecule has 6 atom stereocenters. The summed E-state index contributed by atoms with van der Waals surface area (Å²) in [6.07, 6.45) is -12.3. The van der Waals surface area contributed by atoms with Crippen molar-refractivity contribution in [3.63, 3.8) is 0 Å². The fourth-order valence-corrected chi connectivity index (χ4v) is 1.28. The highest BCUT2D eigenvalue weighted by Crippen LogP contribution is 2.35. The van der Waals surface area contributed by atoms with Crippen LogP contribution in [-0.4, -0.2) is 30.9 Å². The number of alkyl halides is 5. The van der Waals surface area contributed by atoms with Crippen LogP contribution < -0.4 is 0 Å². The molecule has 0 saturated heterocycles. The van der Waals surface area contributed by atoms with Gasteiger partial charge < -0.3 is 0 Å². The first-order valence-corrected chi connectivity index (χ1v) is 3.67. The average molecular weight is 188 g/mol. The van der Waals surface area contributed by atoms with Gasteiger partial charge in [-0.25, -0.2) is 22.0 Å². The van der Waals surface area contributed by atoms with Crippen molar-refractivity contribution in [2.45, 2.75) is 37.8 Å². The molecule has 0 aromatic carbocycles. The number of hydrogen-bond donors (Lipinski definition) is 0. The van der Waals surface area contributed by atoms with Crippen LogP contribution >= 0.6 is 0 Å². The van der Waals surface area contributed by atoms with E-state index in [9.17, 15) is 22.0 Å². The zero-order valence-electron chi connectivity index (χ0n) is 6.35. The van der Waals surface area contributed by atoms with Crippen LogP contribution in [0.1, 0.15) is 6.92 Å². The molecular weight excluding hydrogens is 179 g/mol. The van der Waals surface area contributed by atoms with Gasteiger partial charge in [-0.15, -0.1) is 0 Å². The van der Waals surface area contributed by atoms with Crippen molar-refractivity contribution in [2.24, 2.45) is 5.92 Å². The third-order valence-electron chi connectivity index (χ3n) is 2.22. The lowest BCUT2D eigenvalue weighted by molar-refractivity contribution is -0.0828. The maximum atomic E-state index is 12.6. The second kappa shape index (κ2) is 3.18. The summed E-state index contributed by atoms with van der Waals surface area (Å²) in [6.45, 7) is 1.03. The lowest BCUT2D eigenvalue weighted by Gasteiger charge is -2.34. The zero-order chi connectivity index (χ0) is 9.46. The average Bonchev–Trinajstić information content (AvgIpc) is 2.08. The van der Waals surface area contributed by atoms with Crippen molar-refractivity contribution in [3.8, 4) is 0 Å². The van der Waals surface area contributed by atoms with Crippen molar-refractivity contribution in [1.29, 1.82) is 0 Å². The summed E-state index contributed by atoms with van der Waals surface area (Å²) in [5.41, 5.74) is 0. The molecule has 0 spiro atoms. The third kappa shape index (κ3) is 1.29. The van der Waals surface area contributed by atoms with Gasteiger partial charge in [0, 0.05) is 5.92 Å². The first kappa shape index (κ1) is 9.74. The Morgan fingerprint density at radius 3 is 1.17 bits per heavy atom. The monoisotopic (exact) mass is 188 g/mol. The molecule has 5 heteroatoms. The van der Waals surface area contributed by atoms with Gasteiger partial charge in [-0.05, 0) is 0 Å². The van der Waals surface area contributed by atoms with Crippen LogP contribution in [0.15, 0.2) is 0 Å². The SMILES string of the molecule is CC1C(F)C(F)C(F)[C@@H](F)C1F. The molecule has 1 saturated carbocycles. The lowest BCUT2D eigenvalue weighted by Crippen LogP contribution is -2.52. The van der Waals surface area contributed by atoms with Gasteiger partial charge in [-0.1, -0.05) is 6.92 Å². The molecule has 1 aliphatic rings. The van der Waals surface area contributed by atoms with Crippen LogP contribution in [0.4, 0.5) is 22.0 Å². The molecule has 0 heterocycles. The quantitative estimate of drug-likeness (QED) is 0.512. The summed E-state index contributed by atoms with van der Waals surface area (Å²) in [6, 6.07) is 0. The van der Waals surface area contributed by atoms with E-state index in [2.05, 4.69) is 0 Å². The molecule has 0 aliphatic heterocycles. The Morgan fingerprint density at radius 2 is 0.833 bits per heavy atom. The van der Waals surface area contributed by atoms with Gasteiger partial charge in [0.2, 0.25) is 0 Å². The minimum atomic E-state index is -2.67. The highest BCUT2D eigenvalue weighted by Gasteiger charge is 2.51. The lowest BCUT2D eigenvalue weighted by atomic mass is 9.83. The number of halogens is 5. The smallest absolute Gasteiger partial charge is 0.168 e. The first-order chi connectivity index (χ1) is 5.46. The van der Waals surface area contributed by atoms with Gasteiger partial charge in [0.15, 0.2) is 18.5 Å². The van der Waals surface area contributed by atoms with E-state index in [0.29, 0.717) is 0 Å². The molecule has 5 unspecified atom stereocenters. The van der Waals surface area contributed by atoms with Crippen molar-refractivity contribution >= 4 is 0 Å². The first-order valence-electron chi connectivity index (χ1n) is 3.67. The predicted octanol–water partition coefficient (Wildman–Crippen LogP) is 2.33. The molecule has 0 aromatic heterocycles. The highest BCUT2D eigenvalue weighted by atomic mass is 19.2. The van der Waals surface area contributed by atoms with Crippen molar-refractivity contribution < 1.29 is 22.0 Å². The van der Waals surface area contributed by atoms with Gasteiger partial charge in [0.25, 0.3) is 0 Å². The summed E-state index contributed by atoms with van der Waals surface area (Å²) in [7, 11) is 0. The number of hydrogen-bond acceptors (Lipinski definition) is 0. The Hall–Kier alpha value is -0.350. The fourth-order valence-electron chi connectivity index (χ4n) is 1.28. The zero-order valence-corrected chi connectivity index (χ0v) is 6.35. The van der Waals surface area contributed by atoms with E-state index in [4.69, 9.17) is 0 Å². The fraction of sp³-hybridized carbons (Fsp3) is 1.00.